The Bertz CT molecular complexity index is 702. The van der Waals surface area contributed by atoms with E-state index in [9.17, 15) is 14.4 Å². The van der Waals surface area contributed by atoms with Crippen LogP contribution in [0.25, 0.3) is 6.08 Å². The molecule has 0 saturated carbocycles. The van der Waals surface area contributed by atoms with Crippen LogP contribution in [0.5, 0.6) is 0 Å². The van der Waals surface area contributed by atoms with Gasteiger partial charge in [0.15, 0.2) is 0 Å². The molecule has 0 fully saturated rings. The highest BCUT2D eigenvalue weighted by molar-refractivity contribution is 6.07. The van der Waals surface area contributed by atoms with Gasteiger partial charge in [-0.1, -0.05) is 30.3 Å². The van der Waals surface area contributed by atoms with Crippen molar-refractivity contribution in [3.8, 4) is 0 Å². The van der Waals surface area contributed by atoms with E-state index in [1.807, 2.05) is 18.2 Å². The number of imide groups is 1. The van der Waals surface area contributed by atoms with Crippen molar-refractivity contribution in [2.45, 2.75) is 0 Å². The number of carbonyl (C=O) groups is 2. The second kappa shape index (κ2) is 8.18. The molecule has 1 radical (unpaired) electrons. The van der Waals surface area contributed by atoms with Crippen LogP contribution in [0.3, 0.4) is 0 Å². The standard InChI is InChI=1S/C16H13N4O3/c21-12-11-20(16(23)19-15-17-9-4-10-18-15)14(22)8-7-13-5-2-1-3-6-13/h1-10H,11H2,(H,17,18,19,23). The van der Waals surface area contributed by atoms with Gasteiger partial charge in [-0.25, -0.2) is 14.8 Å². The highest BCUT2D eigenvalue weighted by atomic mass is 16.2. The Morgan fingerprint density at radius 1 is 1.13 bits per heavy atom. The molecule has 1 N–H and O–H groups in total. The summed E-state index contributed by atoms with van der Waals surface area (Å²) >= 11 is 0. The largest absolute Gasteiger partial charge is 0.331 e. The highest BCUT2D eigenvalue weighted by Gasteiger charge is 2.20. The fraction of sp³-hybridized carbons (Fsp3) is 0.0625. The van der Waals surface area contributed by atoms with Gasteiger partial charge in [0.25, 0.3) is 5.91 Å². The second-order valence-electron chi connectivity index (χ2n) is 4.32. The number of carbonyl (C=O) groups excluding carboxylic acids is 3. The molecular formula is C16H13N4O3. The van der Waals surface area contributed by atoms with Gasteiger partial charge in [0.05, 0.1) is 6.54 Å². The fourth-order valence-corrected chi connectivity index (χ4v) is 1.66. The average Bonchev–Trinajstić information content (AvgIpc) is 2.59. The van der Waals surface area contributed by atoms with Crippen molar-refractivity contribution in [2.24, 2.45) is 0 Å². The zero-order valence-corrected chi connectivity index (χ0v) is 12.0. The molecule has 0 unspecified atom stereocenters. The first-order chi connectivity index (χ1) is 11.2. The molecule has 0 aliphatic rings. The van der Waals surface area contributed by atoms with E-state index in [4.69, 9.17) is 0 Å². The van der Waals surface area contributed by atoms with Crippen molar-refractivity contribution in [3.05, 3.63) is 60.4 Å². The number of hydrogen-bond donors (Lipinski definition) is 1. The van der Waals surface area contributed by atoms with E-state index in [0.717, 1.165) is 5.56 Å². The van der Waals surface area contributed by atoms with Gasteiger partial charge in [0.1, 0.15) is 0 Å². The van der Waals surface area contributed by atoms with Gasteiger partial charge in [0.2, 0.25) is 12.2 Å². The number of anilines is 1. The normalized spacial score (nSPS) is 10.3. The third-order valence-corrected chi connectivity index (χ3v) is 2.74. The Hall–Kier alpha value is -3.35. The molecule has 7 heteroatoms. The predicted octanol–water partition coefficient (Wildman–Crippen LogP) is 1.66. The summed E-state index contributed by atoms with van der Waals surface area (Å²) in [5, 5.41) is 2.34. The van der Waals surface area contributed by atoms with Gasteiger partial charge in [0, 0.05) is 18.5 Å². The third kappa shape index (κ3) is 4.85. The summed E-state index contributed by atoms with van der Waals surface area (Å²) in [5.41, 5.74) is 0.794. The van der Waals surface area contributed by atoms with Crippen LogP contribution in [-0.2, 0) is 9.59 Å². The summed E-state index contributed by atoms with van der Waals surface area (Å²) in [7, 11) is 0. The van der Waals surface area contributed by atoms with Crippen molar-refractivity contribution in [3.63, 3.8) is 0 Å². The monoisotopic (exact) mass is 309 g/mol. The van der Waals surface area contributed by atoms with Gasteiger partial charge in [-0.3, -0.25) is 19.8 Å². The Morgan fingerprint density at radius 3 is 2.48 bits per heavy atom. The maximum absolute atomic E-state index is 12.1. The van der Waals surface area contributed by atoms with E-state index in [0.29, 0.717) is 4.90 Å². The van der Waals surface area contributed by atoms with Crippen LogP contribution in [0.15, 0.2) is 54.9 Å². The maximum Gasteiger partial charge on any atom is 0.331 e. The highest BCUT2D eigenvalue weighted by Crippen LogP contribution is 2.04. The zero-order chi connectivity index (χ0) is 16.5. The van der Waals surface area contributed by atoms with Gasteiger partial charge < -0.3 is 0 Å². The Balaban J connectivity index is 2.07. The van der Waals surface area contributed by atoms with Crippen LogP contribution in [0, 0.1) is 0 Å². The van der Waals surface area contributed by atoms with Gasteiger partial charge in [-0.15, -0.1) is 0 Å². The lowest BCUT2D eigenvalue weighted by Gasteiger charge is -2.16. The number of hydrogen-bond acceptors (Lipinski definition) is 5. The molecular weight excluding hydrogens is 296 g/mol. The molecule has 0 aliphatic carbocycles. The van der Waals surface area contributed by atoms with Crippen molar-refractivity contribution < 1.29 is 14.4 Å². The van der Waals surface area contributed by atoms with Crippen LogP contribution in [0.4, 0.5) is 10.7 Å². The molecule has 115 valence electrons. The van der Waals surface area contributed by atoms with Gasteiger partial charge in [-0.2, -0.15) is 0 Å². The molecule has 1 aromatic carbocycles. The van der Waals surface area contributed by atoms with Crippen molar-refractivity contribution in [1.82, 2.24) is 14.9 Å². The summed E-state index contributed by atoms with van der Waals surface area (Å²) in [6.07, 6.45) is 7.17. The molecule has 3 amide bonds. The van der Waals surface area contributed by atoms with Crippen LogP contribution in [-0.4, -0.2) is 39.6 Å². The molecule has 0 saturated heterocycles. The van der Waals surface area contributed by atoms with Crippen molar-refractivity contribution >= 4 is 30.2 Å². The summed E-state index contributed by atoms with van der Waals surface area (Å²) < 4.78 is 0. The quantitative estimate of drug-likeness (QED) is 0.848. The minimum Gasteiger partial charge on any atom is -0.289 e. The Labute approximate surface area is 132 Å². The molecule has 0 aliphatic heterocycles. The molecule has 0 bridgehead atoms. The first-order valence-electron chi connectivity index (χ1n) is 6.68. The number of nitrogens with one attached hydrogen (secondary N) is 1. The zero-order valence-electron chi connectivity index (χ0n) is 12.0. The molecule has 2 rings (SSSR count). The molecule has 23 heavy (non-hydrogen) atoms. The van der Waals surface area contributed by atoms with Gasteiger partial charge in [-0.05, 0) is 17.7 Å². The molecule has 0 atom stereocenters. The second-order valence-corrected chi connectivity index (χ2v) is 4.32. The third-order valence-electron chi connectivity index (χ3n) is 2.74. The number of nitrogens with zero attached hydrogens (tertiary/aromatic N) is 3. The summed E-state index contributed by atoms with van der Waals surface area (Å²) in [4.78, 5) is 43.1. The first-order valence-corrected chi connectivity index (χ1v) is 6.68. The predicted molar refractivity (Wildman–Crippen MR) is 83.9 cm³/mol. The summed E-state index contributed by atoms with van der Waals surface area (Å²) in [6, 6.07) is 9.87. The summed E-state index contributed by atoms with van der Waals surface area (Å²) in [6.45, 7) is -0.489. The van der Waals surface area contributed by atoms with Crippen LogP contribution >= 0.6 is 0 Å². The number of rotatable bonds is 5. The molecule has 7 nitrogen and oxygen atoms in total. The van der Waals surface area contributed by atoms with Crippen LogP contribution in [0.2, 0.25) is 0 Å². The maximum atomic E-state index is 12.1. The minimum atomic E-state index is -0.803. The Kier molecular flexibility index (Phi) is 5.70. The lowest BCUT2D eigenvalue weighted by atomic mass is 10.2. The fourth-order valence-electron chi connectivity index (χ4n) is 1.66. The lowest BCUT2D eigenvalue weighted by Crippen LogP contribution is -2.40. The van der Waals surface area contributed by atoms with E-state index in [1.54, 1.807) is 24.3 Å². The molecule has 0 spiro atoms. The van der Waals surface area contributed by atoms with E-state index in [2.05, 4.69) is 15.3 Å². The van der Waals surface area contributed by atoms with E-state index >= 15 is 0 Å². The van der Waals surface area contributed by atoms with Gasteiger partial charge >= 0.3 is 6.03 Å². The topological polar surface area (TPSA) is 92.3 Å². The van der Waals surface area contributed by atoms with Crippen LogP contribution < -0.4 is 5.32 Å². The number of aromatic nitrogens is 2. The molecule has 2 aromatic rings. The first kappa shape index (κ1) is 16.0. The molecule has 1 aromatic heterocycles. The molecule has 1 heterocycles. The van der Waals surface area contributed by atoms with E-state index in [-0.39, 0.29) is 5.95 Å². The SMILES string of the molecule is O=[C]CN(C(=O)C=Cc1ccccc1)C(=O)Nc1ncccn1. The lowest BCUT2D eigenvalue weighted by molar-refractivity contribution is -0.122. The number of amides is 3. The van der Waals surface area contributed by atoms with E-state index in [1.165, 1.54) is 24.8 Å². The Morgan fingerprint density at radius 2 is 1.83 bits per heavy atom. The average molecular weight is 309 g/mol. The smallest absolute Gasteiger partial charge is 0.289 e. The minimum absolute atomic E-state index is 0.0354. The summed E-state index contributed by atoms with van der Waals surface area (Å²) in [5.74, 6) is -0.612. The van der Waals surface area contributed by atoms with Crippen molar-refractivity contribution in [2.75, 3.05) is 11.9 Å². The van der Waals surface area contributed by atoms with Crippen molar-refractivity contribution in [1.29, 1.82) is 0 Å². The van der Waals surface area contributed by atoms with E-state index < -0.39 is 18.5 Å². The number of benzene rings is 1. The van der Waals surface area contributed by atoms with Crippen LogP contribution in [0.1, 0.15) is 5.56 Å². The number of urea groups is 1.